The van der Waals surface area contributed by atoms with E-state index in [4.69, 9.17) is 11.5 Å². The molecule has 0 fully saturated rings. The van der Waals surface area contributed by atoms with Crippen molar-refractivity contribution in [3.05, 3.63) is 29.8 Å². The minimum atomic E-state index is -0.832. The number of nitrogens with two attached hydrogens (primary N) is 2. The van der Waals surface area contributed by atoms with E-state index in [1.165, 1.54) is 11.8 Å². The van der Waals surface area contributed by atoms with Crippen molar-refractivity contribution in [2.75, 3.05) is 5.75 Å². The van der Waals surface area contributed by atoms with Crippen molar-refractivity contribution in [3.63, 3.8) is 0 Å². The smallest absolute Gasteiger partial charge is 0.318 e. The Labute approximate surface area is 97.6 Å². The van der Waals surface area contributed by atoms with Crippen LogP contribution >= 0.6 is 11.8 Å². The molecule has 0 aromatic heterocycles. The van der Waals surface area contributed by atoms with E-state index in [0.29, 0.717) is 6.54 Å². The van der Waals surface area contributed by atoms with Crippen LogP contribution < -0.4 is 16.8 Å². The topological polar surface area (TPSA) is 98.2 Å². The molecule has 5 N–H and O–H groups in total. The van der Waals surface area contributed by atoms with Gasteiger partial charge >= 0.3 is 6.03 Å². The monoisotopic (exact) mass is 239 g/mol. The Hall–Kier alpha value is -1.53. The number of thioether (sulfide) groups is 1. The third-order valence-corrected chi connectivity index (χ3v) is 2.76. The van der Waals surface area contributed by atoms with Crippen LogP contribution in [0.3, 0.4) is 0 Å². The van der Waals surface area contributed by atoms with Gasteiger partial charge < -0.3 is 11.5 Å². The molecule has 0 spiro atoms. The van der Waals surface area contributed by atoms with Crippen LogP contribution in [0.2, 0.25) is 0 Å². The Morgan fingerprint density at radius 3 is 2.75 bits per heavy atom. The Kier molecular flexibility index (Phi) is 4.81. The van der Waals surface area contributed by atoms with Gasteiger partial charge in [0, 0.05) is 11.4 Å². The highest BCUT2D eigenvalue weighted by Gasteiger charge is 2.05. The third kappa shape index (κ3) is 4.33. The van der Waals surface area contributed by atoms with E-state index in [2.05, 4.69) is 0 Å². The molecule has 86 valence electrons. The van der Waals surface area contributed by atoms with Gasteiger partial charge in [0.15, 0.2) is 0 Å². The largest absolute Gasteiger partial charge is 0.351 e. The summed E-state index contributed by atoms with van der Waals surface area (Å²) >= 11 is 1.32. The molecule has 0 bridgehead atoms. The molecule has 1 aromatic carbocycles. The lowest BCUT2D eigenvalue weighted by Gasteiger charge is -2.03. The van der Waals surface area contributed by atoms with Crippen LogP contribution in [-0.2, 0) is 11.3 Å². The molecule has 3 amide bonds. The normalized spacial score (nSPS) is 9.81. The number of rotatable bonds is 4. The maximum absolute atomic E-state index is 11.1. The van der Waals surface area contributed by atoms with E-state index < -0.39 is 11.9 Å². The lowest BCUT2D eigenvalue weighted by molar-refractivity contribution is -0.117. The van der Waals surface area contributed by atoms with Crippen molar-refractivity contribution in [2.45, 2.75) is 11.4 Å². The molecule has 0 aliphatic rings. The van der Waals surface area contributed by atoms with Crippen LogP contribution in [0.15, 0.2) is 29.2 Å². The molecule has 0 saturated carbocycles. The average molecular weight is 239 g/mol. The number of nitrogens with one attached hydrogen (secondary N) is 1. The fourth-order valence-corrected chi connectivity index (χ4v) is 1.86. The molecule has 0 atom stereocenters. The molecule has 0 heterocycles. The number of amides is 3. The number of hydrogen-bond acceptors (Lipinski definition) is 4. The van der Waals surface area contributed by atoms with Crippen LogP contribution in [-0.4, -0.2) is 17.7 Å². The van der Waals surface area contributed by atoms with Crippen molar-refractivity contribution in [2.24, 2.45) is 11.5 Å². The number of benzene rings is 1. The number of carbonyl (C=O) groups excluding carboxylic acids is 2. The highest BCUT2D eigenvalue weighted by molar-refractivity contribution is 8.00. The molecule has 6 heteroatoms. The fraction of sp³-hybridized carbons (Fsp3) is 0.200. The Morgan fingerprint density at radius 1 is 1.38 bits per heavy atom. The van der Waals surface area contributed by atoms with Gasteiger partial charge in [-0.3, -0.25) is 10.1 Å². The van der Waals surface area contributed by atoms with Gasteiger partial charge in [-0.25, -0.2) is 4.79 Å². The molecular weight excluding hydrogens is 226 g/mol. The number of urea groups is 1. The molecule has 1 rings (SSSR count). The number of hydrogen-bond donors (Lipinski definition) is 3. The number of imide groups is 1. The molecule has 0 radical (unpaired) electrons. The molecule has 0 aliphatic carbocycles. The molecule has 5 nitrogen and oxygen atoms in total. The quantitative estimate of drug-likeness (QED) is 0.664. The summed E-state index contributed by atoms with van der Waals surface area (Å²) in [4.78, 5) is 22.4. The Balaban J connectivity index is 2.47. The maximum Gasteiger partial charge on any atom is 0.318 e. The van der Waals surface area contributed by atoms with Crippen molar-refractivity contribution in [3.8, 4) is 0 Å². The summed E-state index contributed by atoms with van der Waals surface area (Å²) in [5.41, 5.74) is 11.3. The first-order valence-corrected chi connectivity index (χ1v) is 5.61. The first-order valence-electron chi connectivity index (χ1n) is 4.63. The van der Waals surface area contributed by atoms with Crippen LogP contribution in [0.25, 0.3) is 0 Å². The first-order chi connectivity index (χ1) is 7.61. The second-order valence-corrected chi connectivity index (χ2v) is 4.10. The average Bonchev–Trinajstić information content (AvgIpc) is 2.26. The minimum absolute atomic E-state index is 0.150. The van der Waals surface area contributed by atoms with Gasteiger partial charge in [0.1, 0.15) is 0 Å². The van der Waals surface area contributed by atoms with E-state index in [1.807, 2.05) is 29.6 Å². The maximum atomic E-state index is 11.1. The van der Waals surface area contributed by atoms with E-state index in [9.17, 15) is 9.59 Å². The van der Waals surface area contributed by atoms with Crippen molar-refractivity contribution in [1.82, 2.24) is 5.32 Å². The summed E-state index contributed by atoms with van der Waals surface area (Å²) in [6.07, 6.45) is 0. The number of primary amides is 1. The van der Waals surface area contributed by atoms with E-state index in [1.54, 1.807) is 0 Å². The Bertz CT molecular complexity index is 395. The van der Waals surface area contributed by atoms with Gasteiger partial charge in [-0.1, -0.05) is 12.1 Å². The van der Waals surface area contributed by atoms with Crippen LogP contribution in [0, 0.1) is 0 Å². The van der Waals surface area contributed by atoms with Gasteiger partial charge in [0.2, 0.25) is 5.91 Å². The predicted molar refractivity (Wildman–Crippen MR) is 62.8 cm³/mol. The van der Waals surface area contributed by atoms with Crippen molar-refractivity contribution < 1.29 is 9.59 Å². The lowest BCUT2D eigenvalue weighted by Crippen LogP contribution is -2.36. The predicted octanol–water partition coefficient (Wildman–Crippen LogP) is 0.432. The first kappa shape index (κ1) is 12.5. The van der Waals surface area contributed by atoms with Crippen molar-refractivity contribution in [1.29, 1.82) is 0 Å². The van der Waals surface area contributed by atoms with Gasteiger partial charge in [0.05, 0.1) is 5.75 Å². The zero-order chi connectivity index (χ0) is 12.0. The van der Waals surface area contributed by atoms with Gasteiger partial charge in [-0.15, -0.1) is 11.8 Å². The van der Waals surface area contributed by atoms with E-state index in [0.717, 1.165) is 10.5 Å². The molecule has 16 heavy (non-hydrogen) atoms. The standard InChI is InChI=1S/C10H13N3O2S/c11-5-7-2-1-3-8(4-7)16-6-9(14)13-10(12)15/h1-4H,5-6,11H2,(H3,12,13,14,15). The second kappa shape index (κ2) is 6.14. The summed E-state index contributed by atoms with van der Waals surface area (Å²) < 4.78 is 0. The number of carbonyl (C=O) groups is 2. The summed E-state index contributed by atoms with van der Waals surface area (Å²) in [5.74, 6) is -0.257. The Morgan fingerprint density at radius 2 is 2.12 bits per heavy atom. The molecule has 0 aliphatic heterocycles. The summed E-state index contributed by atoms with van der Waals surface area (Å²) in [7, 11) is 0. The molecule has 0 unspecified atom stereocenters. The van der Waals surface area contributed by atoms with E-state index in [-0.39, 0.29) is 5.75 Å². The van der Waals surface area contributed by atoms with Crippen LogP contribution in [0.1, 0.15) is 5.56 Å². The highest BCUT2D eigenvalue weighted by atomic mass is 32.2. The summed E-state index contributed by atoms with van der Waals surface area (Å²) in [6, 6.07) is 6.73. The lowest BCUT2D eigenvalue weighted by atomic mass is 10.2. The third-order valence-electron chi connectivity index (χ3n) is 1.77. The second-order valence-electron chi connectivity index (χ2n) is 3.05. The summed E-state index contributed by atoms with van der Waals surface area (Å²) in [5, 5.41) is 2.00. The van der Waals surface area contributed by atoms with E-state index >= 15 is 0 Å². The SMILES string of the molecule is NCc1cccc(SCC(=O)NC(N)=O)c1. The molecular formula is C10H13N3O2S. The zero-order valence-electron chi connectivity index (χ0n) is 8.60. The molecule has 0 saturated heterocycles. The van der Waals surface area contributed by atoms with Crippen LogP contribution in [0.4, 0.5) is 4.79 Å². The zero-order valence-corrected chi connectivity index (χ0v) is 9.42. The molecule has 1 aromatic rings. The van der Waals surface area contributed by atoms with Gasteiger partial charge in [0.25, 0.3) is 0 Å². The van der Waals surface area contributed by atoms with Gasteiger partial charge in [-0.05, 0) is 17.7 Å². The minimum Gasteiger partial charge on any atom is -0.351 e. The summed E-state index contributed by atoms with van der Waals surface area (Å²) in [6.45, 7) is 0.460. The van der Waals surface area contributed by atoms with Crippen molar-refractivity contribution >= 4 is 23.7 Å². The highest BCUT2D eigenvalue weighted by Crippen LogP contribution is 2.18. The van der Waals surface area contributed by atoms with Gasteiger partial charge in [-0.2, -0.15) is 0 Å². The van der Waals surface area contributed by atoms with Crippen LogP contribution in [0.5, 0.6) is 0 Å². The fourth-order valence-electron chi connectivity index (χ4n) is 1.08.